The van der Waals surface area contributed by atoms with Gasteiger partial charge in [-0.05, 0) is 12.1 Å². The third-order valence-corrected chi connectivity index (χ3v) is 4.17. The van der Waals surface area contributed by atoms with Gasteiger partial charge in [0, 0.05) is 17.5 Å². The molecule has 4 N–H and O–H groups in total. The van der Waals surface area contributed by atoms with Gasteiger partial charge in [0.1, 0.15) is 21.5 Å². The number of phenols is 4. The first kappa shape index (κ1) is 16.2. The second kappa shape index (κ2) is 5.89. The lowest BCUT2D eigenvalue weighted by atomic mass is 10.0. The minimum absolute atomic E-state index is 0.0168. The van der Waals surface area contributed by atoms with Gasteiger partial charge in [0.25, 0.3) is 0 Å². The zero-order valence-corrected chi connectivity index (χ0v) is 13.2. The molecule has 2 aromatic rings. The first-order valence-corrected chi connectivity index (χ1v) is 7.02. The fourth-order valence-corrected chi connectivity index (χ4v) is 2.77. The van der Waals surface area contributed by atoms with Crippen molar-refractivity contribution in [2.24, 2.45) is 0 Å². The first-order chi connectivity index (χ1) is 9.73. The molecule has 0 spiro atoms. The Morgan fingerprint density at radius 2 is 0.952 bits per heavy atom. The number of rotatable bonds is 2. The highest BCUT2D eigenvalue weighted by Gasteiger charge is 2.19. The molecule has 0 heterocycles. The highest BCUT2D eigenvalue weighted by Crippen LogP contribution is 2.45. The predicted molar refractivity (Wildman–Crippen MR) is 82.4 cm³/mol. The summed E-state index contributed by atoms with van der Waals surface area (Å²) in [7, 11) is 0. The Hall–Kier alpha value is -1.20. The van der Waals surface area contributed by atoms with Crippen LogP contribution < -0.4 is 0 Å². The summed E-state index contributed by atoms with van der Waals surface area (Å²) in [6.07, 6.45) is -0.0168. The molecule has 0 aliphatic rings. The largest absolute Gasteiger partial charge is 0.506 e. The summed E-state index contributed by atoms with van der Waals surface area (Å²) in [6, 6.07) is 2.60. The van der Waals surface area contributed by atoms with Gasteiger partial charge in [0.05, 0.1) is 10.0 Å². The third kappa shape index (κ3) is 2.90. The van der Waals surface area contributed by atoms with Crippen molar-refractivity contribution >= 4 is 46.4 Å². The molecule has 2 aromatic carbocycles. The maximum atomic E-state index is 9.90. The maximum absolute atomic E-state index is 9.90. The van der Waals surface area contributed by atoms with Crippen LogP contribution in [0.15, 0.2) is 12.1 Å². The van der Waals surface area contributed by atoms with Crippen molar-refractivity contribution in [2.75, 3.05) is 0 Å². The normalized spacial score (nSPS) is 10.9. The molecule has 0 radical (unpaired) electrons. The number of aromatic hydroxyl groups is 4. The predicted octanol–water partition coefficient (Wildman–Crippen LogP) is 4.71. The van der Waals surface area contributed by atoms with Crippen LogP contribution in [0.1, 0.15) is 11.1 Å². The quantitative estimate of drug-likeness (QED) is 0.617. The monoisotopic (exact) mass is 368 g/mol. The van der Waals surface area contributed by atoms with E-state index >= 15 is 0 Å². The van der Waals surface area contributed by atoms with E-state index in [4.69, 9.17) is 46.4 Å². The van der Waals surface area contributed by atoms with Crippen molar-refractivity contribution in [3.63, 3.8) is 0 Å². The molecule has 21 heavy (non-hydrogen) atoms. The van der Waals surface area contributed by atoms with Crippen LogP contribution in [0.25, 0.3) is 0 Å². The van der Waals surface area contributed by atoms with Crippen LogP contribution in [-0.2, 0) is 6.42 Å². The highest BCUT2D eigenvalue weighted by molar-refractivity contribution is 6.38. The first-order valence-electron chi connectivity index (χ1n) is 5.51. The molecule has 0 unspecified atom stereocenters. The van der Waals surface area contributed by atoms with E-state index < -0.39 is 11.5 Å². The Balaban J connectivity index is 2.54. The molecule has 4 nitrogen and oxygen atoms in total. The van der Waals surface area contributed by atoms with Gasteiger partial charge in [-0.2, -0.15) is 0 Å². The summed E-state index contributed by atoms with van der Waals surface area (Å²) >= 11 is 23.1. The van der Waals surface area contributed by atoms with Crippen molar-refractivity contribution < 1.29 is 20.4 Å². The van der Waals surface area contributed by atoms with E-state index in [0.717, 1.165) is 0 Å². The molecule has 0 fully saturated rings. The van der Waals surface area contributed by atoms with Gasteiger partial charge in [-0.1, -0.05) is 46.4 Å². The lowest BCUT2D eigenvalue weighted by Crippen LogP contribution is -1.92. The van der Waals surface area contributed by atoms with Crippen molar-refractivity contribution in [2.45, 2.75) is 6.42 Å². The summed E-state index contributed by atoms with van der Waals surface area (Å²) in [6.45, 7) is 0. The highest BCUT2D eigenvalue weighted by atomic mass is 35.5. The van der Waals surface area contributed by atoms with E-state index in [2.05, 4.69) is 0 Å². The van der Waals surface area contributed by atoms with E-state index in [1.165, 1.54) is 12.1 Å². The van der Waals surface area contributed by atoms with Gasteiger partial charge >= 0.3 is 0 Å². The SMILES string of the molecule is Oc1c(Cl)cc(Cc2cc(Cl)c(O)c(Cl)c2O)c(O)c1Cl. The molecule has 0 saturated carbocycles. The minimum atomic E-state index is -0.439. The molecule has 0 aliphatic heterocycles. The fraction of sp³-hybridized carbons (Fsp3) is 0.0769. The van der Waals surface area contributed by atoms with Crippen LogP contribution in [0.3, 0.4) is 0 Å². The molecule has 0 aliphatic carbocycles. The van der Waals surface area contributed by atoms with Crippen LogP contribution in [0.4, 0.5) is 0 Å². The topological polar surface area (TPSA) is 80.9 Å². The average molecular weight is 370 g/mol. The summed E-state index contributed by atoms with van der Waals surface area (Å²) in [4.78, 5) is 0. The number of phenolic OH excluding ortho intramolecular Hbond substituents is 4. The van der Waals surface area contributed by atoms with Gasteiger partial charge < -0.3 is 20.4 Å². The van der Waals surface area contributed by atoms with Gasteiger partial charge in [0.15, 0.2) is 11.5 Å². The number of hydrogen-bond acceptors (Lipinski definition) is 4. The van der Waals surface area contributed by atoms with Crippen molar-refractivity contribution in [3.05, 3.63) is 43.4 Å². The molecule has 0 amide bonds. The summed E-state index contributed by atoms with van der Waals surface area (Å²) < 4.78 is 0. The van der Waals surface area contributed by atoms with Crippen LogP contribution >= 0.6 is 46.4 Å². The summed E-state index contributed by atoms with van der Waals surface area (Å²) in [5, 5.41) is 38.1. The maximum Gasteiger partial charge on any atom is 0.156 e. The van der Waals surface area contributed by atoms with Crippen molar-refractivity contribution in [1.82, 2.24) is 0 Å². The molecule has 112 valence electrons. The van der Waals surface area contributed by atoms with Gasteiger partial charge in [-0.3, -0.25) is 0 Å². The molecule has 0 saturated heterocycles. The lowest BCUT2D eigenvalue weighted by molar-refractivity contribution is 0.443. The fourth-order valence-electron chi connectivity index (χ4n) is 1.77. The van der Waals surface area contributed by atoms with E-state index in [0.29, 0.717) is 0 Å². The standard InChI is InChI=1S/C13H8Cl4O4/c14-6-2-4(10(18)8(16)12(6)20)1-5-3-7(15)13(21)9(17)11(5)19/h2-3,18-21H,1H2. The second-order valence-corrected chi connectivity index (χ2v) is 5.80. The minimum Gasteiger partial charge on any atom is -0.506 e. The van der Waals surface area contributed by atoms with Crippen LogP contribution in [0.5, 0.6) is 23.0 Å². The molecule has 0 bridgehead atoms. The molecule has 2 rings (SSSR count). The van der Waals surface area contributed by atoms with E-state index in [1.807, 2.05) is 0 Å². The smallest absolute Gasteiger partial charge is 0.156 e. The van der Waals surface area contributed by atoms with Crippen molar-refractivity contribution in [1.29, 1.82) is 0 Å². The van der Waals surface area contributed by atoms with Crippen LogP contribution in [0.2, 0.25) is 20.1 Å². The van der Waals surface area contributed by atoms with Gasteiger partial charge in [0.2, 0.25) is 0 Å². The zero-order chi connectivity index (χ0) is 15.9. The number of hydrogen-bond donors (Lipinski definition) is 4. The molecule has 0 aromatic heterocycles. The number of halogens is 4. The van der Waals surface area contributed by atoms with Gasteiger partial charge in [-0.15, -0.1) is 0 Å². The van der Waals surface area contributed by atoms with E-state index in [9.17, 15) is 20.4 Å². The Labute approximate surface area is 139 Å². The average Bonchev–Trinajstić information content (AvgIpc) is 2.45. The molecular weight excluding hydrogens is 362 g/mol. The van der Waals surface area contributed by atoms with E-state index in [1.54, 1.807) is 0 Å². The molecular formula is C13H8Cl4O4. The molecule has 0 atom stereocenters. The summed E-state index contributed by atoms with van der Waals surface area (Å²) in [5.74, 6) is -1.63. The Morgan fingerprint density at radius 1 is 0.619 bits per heavy atom. The Bertz CT molecular complexity index is 670. The second-order valence-electron chi connectivity index (χ2n) is 4.23. The van der Waals surface area contributed by atoms with Crippen LogP contribution in [0, 0.1) is 0 Å². The third-order valence-electron chi connectivity index (χ3n) is 2.88. The Morgan fingerprint density at radius 3 is 1.29 bits per heavy atom. The summed E-state index contributed by atoms with van der Waals surface area (Å²) in [5.41, 5.74) is 0.492. The van der Waals surface area contributed by atoms with E-state index in [-0.39, 0.29) is 49.1 Å². The molecule has 8 heteroatoms. The van der Waals surface area contributed by atoms with Gasteiger partial charge in [-0.25, -0.2) is 0 Å². The lowest BCUT2D eigenvalue weighted by Gasteiger charge is -2.12. The number of benzene rings is 2. The Kier molecular flexibility index (Phi) is 4.54. The van der Waals surface area contributed by atoms with Crippen molar-refractivity contribution in [3.8, 4) is 23.0 Å². The van der Waals surface area contributed by atoms with Crippen LogP contribution in [-0.4, -0.2) is 20.4 Å². The zero-order valence-electron chi connectivity index (χ0n) is 10.2.